The topological polar surface area (TPSA) is 74.0 Å². The highest BCUT2D eigenvalue weighted by Gasteiger charge is 2.45. The Morgan fingerprint density at radius 1 is 1.03 bits per heavy atom. The van der Waals surface area contributed by atoms with Crippen LogP contribution in [-0.4, -0.2) is 46.2 Å². The van der Waals surface area contributed by atoms with Crippen molar-refractivity contribution in [3.63, 3.8) is 0 Å². The maximum Gasteiger partial charge on any atom is 0.290 e. The first-order valence-corrected chi connectivity index (χ1v) is 11.6. The summed E-state index contributed by atoms with van der Waals surface area (Å²) in [6.07, 6.45) is 1.41. The predicted octanol–water partition coefficient (Wildman–Crippen LogP) is 5.25. The largest absolute Gasteiger partial charge is 0.503 e. The van der Waals surface area contributed by atoms with E-state index in [1.807, 2.05) is 37.3 Å². The molecule has 2 heterocycles. The quantitative estimate of drug-likeness (QED) is 0.444. The van der Waals surface area contributed by atoms with Gasteiger partial charge in [-0.15, -0.1) is 0 Å². The summed E-state index contributed by atoms with van der Waals surface area (Å²) < 4.78 is 5.31. The van der Waals surface area contributed by atoms with E-state index < -0.39 is 23.5 Å². The number of benzene rings is 2. The van der Waals surface area contributed by atoms with Gasteiger partial charge in [-0.25, -0.2) is 0 Å². The van der Waals surface area contributed by atoms with Gasteiger partial charge in [0.1, 0.15) is 0 Å². The van der Waals surface area contributed by atoms with E-state index in [0.29, 0.717) is 6.54 Å². The molecule has 2 unspecified atom stereocenters. The Morgan fingerprint density at radius 2 is 1.71 bits per heavy atom. The normalized spacial score (nSPS) is 17.0. The molecule has 1 amide bonds. The Kier molecular flexibility index (Phi) is 6.98. The zero-order valence-electron chi connectivity index (χ0n) is 19.8. The fourth-order valence-corrected chi connectivity index (χ4v) is 4.67. The molecule has 1 aromatic heterocycles. The van der Waals surface area contributed by atoms with Crippen molar-refractivity contribution in [1.29, 1.82) is 0 Å². The van der Waals surface area contributed by atoms with E-state index >= 15 is 0 Å². The van der Waals surface area contributed by atoms with Gasteiger partial charge >= 0.3 is 0 Å². The van der Waals surface area contributed by atoms with Gasteiger partial charge in [0, 0.05) is 6.54 Å². The summed E-state index contributed by atoms with van der Waals surface area (Å²) in [5, 5.41) is 10.9. The Bertz CT molecular complexity index is 1160. The lowest BCUT2D eigenvalue weighted by Crippen LogP contribution is -2.41. The van der Waals surface area contributed by atoms with Gasteiger partial charge in [0.2, 0.25) is 5.78 Å². The van der Waals surface area contributed by atoms with Crippen LogP contribution in [0.25, 0.3) is 0 Å². The molecule has 0 fully saturated rings. The molecular weight excluding hydrogens is 428 g/mol. The average molecular weight is 459 g/mol. The number of likely N-dealkylation sites (N-methyl/N-ethyl adjacent to an activating group) is 1. The molecule has 4 rings (SSSR count). The summed E-state index contributed by atoms with van der Waals surface area (Å²) in [4.78, 5) is 30.6. The number of furan rings is 1. The third-order valence-electron chi connectivity index (χ3n) is 6.49. The van der Waals surface area contributed by atoms with E-state index in [9.17, 15) is 14.7 Å². The second-order valence-corrected chi connectivity index (χ2v) is 8.49. The Hall–Kier alpha value is -3.64. The highest BCUT2D eigenvalue weighted by molar-refractivity contribution is 6.15. The van der Waals surface area contributed by atoms with Gasteiger partial charge in [-0.2, -0.15) is 0 Å². The molecule has 0 saturated carbocycles. The summed E-state index contributed by atoms with van der Waals surface area (Å²) in [5.41, 5.74) is 3.05. The molecule has 0 saturated heterocycles. The van der Waals surface area contributed by atoms with Crippen LogP contribution in [0.5, 0.6) is 0 Å². The highest BCUT2D eigenvalue weighted by Crippen LogP contribution is 2.40. The lowest BCUT2D eigenvalue weighted by atomic mass is 9.94. The number of ketones is 1. The Balaban J connectivity index is 1.78. The number of nitrogens with zero attached hydrogens (tertiary/aromatic N) is 2. The van der Waals surface area contributed by atoms with E-state index in [1.165, 1.54) is 6.26 Å². The van der Waals surface area contributed by atoms with Crippen molar-refractivity contribution in [3.8, 4) is 0 Å². The minimum absolute atomic E-state index is 0.0494. The van der Waals surface area contributed by atoms with Crippen LogP contribution in [0.1, 0.15) is 53.2 Å². The number of carbonyl (C=O) groups excluding carboxylic acids is 2. The average Bonchev–Trinajstić information content (AvgIpc) is 3.48. The van der Waals surface area contributed by atoms with Crippen LogP contribution in [0.4, 0.5) is 0 Å². The number of Topliss-reactive ketones (excluding diaryl/α,β-unsaturated/α-hetero) is 1. The van der Waals surface area contributed by atoms with E-state index in [1.54, 1.807) is 17.0 Å². The van der Waals surface area contributed by atoms with E-state index in [-0.39, 0.29) is 17.4 Å². The van der Waals surface area contributed by atoms with Crippen LogP contribution >= 0.6 is 0 Å². The van der Waals surface area contributed by atoms with Gasteiger partial charge in [0.05, 0.1) is 23.9 Å². The molecular formula is C28H30N2O4. The second-order valence-electron chi connectivity index (χ2n) is 8.49. The molecule has 2 atom stereocenters. The smallest absolute Gasteiger partial charge is 0.290 e. The summed E-state index contributed by atoms with van der Waals surface area (Å²) in [7, 11) is 0. The SMILES string of the molecule is CCN(CC)C(CN1C(=O)C(O)=C(C(=O)c2ccco2)C1c1ccccc1)c1ccc(C)cc1. The van der Waals surface area contributed by atoms with Crippen LogP contribution in [0.2, 0.25) is 0 Å². The monoisotopic (exact) mass is 458 g/mol. The molecule has 2 aromatic carbocycles. The van der Waals surface area contributed by atoms with Gasteiger partial charge in [-0.3, -0.25) is 14.5 Å². The standard InChI is InChI=1S/C28H30N2O4/c1-4-29(5-2)22(20-15-13-19(3)14-16-20)18-30-25(21-10-7-6-8-11-21)24(27(32)28(30)33)26(31)23-12-9-17-34-23/h6-17,22,25,32H,4-5,18H2,1-3H3. The zero-order chi connectivity index (χ0) is 24.2. The maximum atomic E-state index is 13.4. The van der Waals surface area contributed by atoms with E-state index in [0.717, 1.165) is 29.8 Å². The number of aliphatic hydroxyl groups excluding tert-OH is 1. The molecule has 6 nitrogen and oxygen atoms in total. The fraction of sp³-hybridized carbons (Fsp3) is 0.286. The third kappa shape index (κ3) is 4.41. The predicted molar refractivity (Wildman–Crippen MR) is 130 cm³/mol. The van der Waals surface area contributed by atoms with Crippen LogP contribution < -0.4 is 0 Å². The van der Waals surface area contributed by atoms with Crippen molar-refractivity contribution >= 4 is 11.7 Å². The first-order chi connectivity index (χ1) is 16.5. The lowest BCUT2D eigenvalue weighted by molar-refractivity contribution is -0.130. The molecule has 34 heavy (non-hydrogen) atoms. The van der Waals surface area contributed by atoms with Gasteiger partial charge in [0.25, 0.3) is 5.91 Å². The van der Waals surface area contributed by atoms with Crippen molar-refractivity contribution in [3.05, 3.63) is 107 Å². The number of aryl methyl sites for hydroxylation is 1. The van der Waals surface area contributed by atoms with Crippen molar-refractivity contribution in [2.45, 2.75) is 32.9 Å². The molecule has 0 radical (unpaired) electrons. The minimum Gasteiger partial charge on any atom is -0.503 e. The number of carbonyl (C=O) groups is 2. The Labute approximate surface area is 200 Å². The summed E-state index contributed by atoms with van der Waals surface area (Å²) in [6.45, 7) is 8.14. The highest BCUT2D eigenvalue weighted by atomic mass is 16.3. The molecule has 0 bridgehead atoms. The molecule has 1 aliphatic heterocycles. The first kappa shape index (κ1) is 23.5. The van der Waals surface area contributed by atoms with Gasteiger partial charge in [-0.1, -0.05) is 74.0 Å². The number of hydrogen-bond acceptors (Lipinski definition) is 5. The summed E-state index contributed by atoms with van der Waals surface area (Å²) >= 11 is 0. The number of aliphatic hydroxyl groups is 1. The van der Waals surface area contributed by atoms with Crippen molar-refractivity contribution in [2.75, 3.05) is 19.6 Å². The molecule has 6 heteroatoms. The maximum absolute atomic E-state index is 13.4. The molecule has 0 spiro atoms. The fourth-order valence-electron chi connectivity index (χ4n) is 4.67. The molecule has 0 aliphatic carbocycles. The first-order valence-electron chi connectivity index (χ1n) is 11.6. The number of amides is 1. The molecule has 3 aromatic rings. The van der Waals surface area contributed by atoms with Gasteiger partial charge < -0.3 is 14.4 Å². The van der Waals surface area contributed by atoms with Crippen LogP contribution in [0.3, 0.4) is 0 Å². The third-order valence-corrected chi connectivity index (χ3v) is 6.49. The minimum atomic E-state index is -0.713. The molecule has 176 valence electrons. The van der Waals surface area contributed by atoms with Crippen molar-refractivity contribution in [1.82, 2.24) is 9.80 Å². The van der Waals surface area contributed by atoms with Crippen LogP contribution in [0, 0.1) is 6.92 Å². The summed E-state index contributed by atoms with van der Waals surface area (Å²) in [6, 6.07) is 20.0. The lowest BCUT2D eigenvalue weighted by Gasteiger charge is -2.36. The van der Waals surface area contributed by atoms with E-state index in [4.69, 9.17) is 4.42 Å². The Morgan fingerprint density at radius 3 is 2.29 bits per heavy atom. The zero-order valence-corrected chi connectivity index (χ0v) is 19.8. The van der Waals surface area contributed by atoms with Crippen molar-refractivity contribution < 1.29 is 19.1 Å². The van der Waals surface area contributed by atoms with Crippen molar-refractivity contribution in [2.24, 2.45) is 0 Å². The molecule has 1 N–H and O–H groups in total. The van der Waals surface area contributed by atoms with Gasteiger partial charge in [-0.05, 0) is 43.3 Å². The van der Waals surface area contributed by atoms with Crippen LogP contribution in [0.15, 0.2) is 88.7 Å². The van der Waals surface area contributed by atoms with Crippen LogP contribution in [-0.2, 0) is 4.79 Å². The summed E-state index contributed by atoms with van der Waals surface area (Å²) in [5.74, 6) is -1.46. The van der Waals surface area contributed by atoms with E-state index in [2.05, 4.69) is 43.0 Å². The number of rotatable bonds is 9. The molecule has 1 aliphatic rings. The second kappa shape index (κ2) is 10.1. The van der Waals surface area contributed by atoms with Gasteiger partial charge in [0.15, 0.2) is 11.5 Å². The number of hydrogen-bond donors (Lipinski definition) is 1.